The van der Waals surface area contributed by atoms with Crippen molar-refractivity contribution in [3.8, 4) is 0 Å². The smallest absolute Gasteiger partial charge is 0.108 e. The summed E-state index contributed by atoms with van der Waals surface area (Å²) in [5.74, 6) is 0. The maximum Gasteiger partial charge on any atom is 0.108 e. The van der Waals surface area contributed by atoms with Crippen LogP contribution in [0.25, 0.3) is 0 Å². The molecule has 4 heteroatoms. The summed E-state index contributed by atoms with van der Waals surface area (Å²) in [7, 11) is 1.92. The van der Waals surface area contributed by atoms with Gasteiger partial charge in [-0.15, -0.1) is 23.7 Å². The fraction of sp³-hybridized carbons (Fsp3) is 0.625. The lowest BCUT2D eigenvalue weighted by atomic mass is 9.98. The first-order chi connectivity index (χ1) is 5.04. The van der Waals surface area contributed by atoms with Crippen LogP contribution in [0.3, 0.4) is 0 Å². The normalized spacial score (nSPS) is 10.7. The molecule has 0 fully saturated rings. The van der Waals surface area contributed by atoms with E-state index in [9.17, 15) is 0 Å². The fourth-order valence-corrected chi connectivity index (χ4v) is 1.56. The van der Waals surface area contributed by atoms with Crippen LogP contribution in [0.2, 0.25) is 0 Å². The van der Waals surface area contributed by atoms with E-state index in [1.165, 1.54) is 5.01 Å². The van der Waals surface area contributed by atoms with E-state index in [0.717, 1.165) is 5.00 Å². The highest BCUT2D eigenvalue weighted by Gasteiger charge is 2.17. The Hall–Kier alpha value is -0.280. The molecule has 70 valence electrons. The van der Waals surface area contributed by atoms with Crippen LogP contribution < -0.4 is 5.32 Å². The molecule has 0 atom stereocenters. The molecule has 0 amide bonds. The van der Waals surface area contributed by atoms with Gasteiger partial charge in [0.1, 0.15) is 5.00 Å². The Bertz CT molecular complexity index is 239. The molecule has 0 unspecified atom stereocenters. The molecular weight excluding hydrogens is 192 g/mol. The molecule has 1 heterocycles. The Balaban J connectivity index is 0.00000121. The SMILES string of the molecule is CNc1cnc(C(C)(C)C)s1.Cl. The Morgan fingerprint density at radius 2 is 2.00 bits per heavy atom. The predicted octanol–water partition coefficient (Wildman–Crippen LogP) is 2.90. The highest BCUT2D eigenvalue weighted by molar-refractivity contribution is 7.15. The van der Waals surface area contributed by atoms with Crippen molar-refractivity contribution in [3.05, 3.63) is 11.2 Å². The maximum atomic E-state index is 4.31. The summed E-state index contributed by atoms with van der Waals surface area (Å²) < 4.78 is 0. The van der Waals surface area contributed by atoms with E-state index in [1.54, 1.807) is 11.3 Å². The summed E-state index contributed by atoms with van der Waals surface area (Å²) in [6.07, 6.45) is 1.88. The molecule has 0 saturated carbocycles. The van der Waals surface area contributed by atoms with E-state index in [1.807, 2.05) is 13.2 Å². The van der Waals surface area contributed by atoms with Crippen LogP contribution in [0.4, 0.5) is 5.00 Å². The molecule has 0 aliphatic heterocycles. The van der Waals surface area contributed by atoms with Crippen molar-refractivity contribution in [2.75, 3.05) is 12.4 Å². The second kappa shape index (κ2) is 4.10. The van der Waals surface area contributed by atoms with Gasteiger partial charge in [-0.25, -0.2) is 4.98 Å². The molecule has 0 radical (unpaired) electrons. The molecule has 0 aliphatic rings. The van der Waals surface area contributed by atoms with Gasteiger partial charge in [0.15, 0.2) is 0 Å². The third kappa shape index (κ3) is 2.64. The van der Waals surface area contributed by atoms with Crippen molar-refractivity contribution < 1.29 is 0 Å². The number of nitrogens with one attached hydrogen (secondary N) is 1. The molecule has 1 aromatic heterocycles. The Morgan fingerprint density at radius 3 is 2.25 bits per heavy atom. The first-order valence-electron chi connectivity index (χ1n) is 3.68. The van der Waals surface area contributed by atoms with E-state index in [2.05, 4.69) is 31.1 Å². The molecule has 0 aromatic carbocycles. The number of hydrogen-bond acceptors (Lipinski definition) is 3. The first-order valence-corrected chi connectivity index (χ1v) is 4.50. The van der Waals surface area contributed by atoms with Gasteiger partial charge in [0.25, 0.3) is 0 Å². The highest BCUT2D eigenvalue weighted by Crippen LogP contribution is 2.28. The highest BCUT2D eigenvalue weighted by atomic mass is 35.5. The summed E-state index contributed by atoms with van der Waals surface area (Å²) in [5.41, 5.74) is 0.180. The zero-order valence-electron chi connectivity index (χ0n) is 7.84. The molecule has 1 aromatic rings. The number of thiazole rings is 1. The molecule has 0 bridgehead atoms. The van der Waals surface area contributed by atoms with Gasteiger partial charge in [0.2, 0.25) is 0 Å². The van der Waals surface area contributed by atoms with Gasteiger partial charge in [0.05, 0.1) is 11.2 Å². The molecule has 1 rings (SSSR count). The van der Waals surface area contributed by atoms with Crippen molar-refractivity contribution in [2.45, 2.75) is 26.2 Å². The quantitative estimate of drug-likeness (QED) is 0.765. The lowest BCUT2D eigenvalue weighted by molar-refractivity contribution is 0.585. The summed E-state index contributed by atoms with van der Waals surface area (Å²) >= 11 is 1.72. The van der Waals surface area contributed by atoms with Crippen LogP contribution in [-0.4, -0.2) is 12.0 Å². The minimum Gasteiger partial charge on any atom is -0.379 e. The summed E-state index contributed by atoms with van der Waals surface area (Å²) in [4.78, 5) is 4.31. The monoisotopic (exact) mass is 206 g/mol. The Kier molecular flexibility index (Phi) is 4.00. The Morgan fingerprint density at radius 1 is 1.42 bits per heavy atom. The lowest BCUT2D eigenvalue weighted by Crippen LogP contribution is -2.09. The van der Waals surface area contributed by atoms with Gasteiger partial charge in [-0.3, -0.25) is 0 Å². The average molecular weight is 207 g/mol. The number of rotatable bonds is 1. The molecule has 0 spiro atoms. The van der Waals surface area contributed by atoms with Crippen LogP contribution in [0, 0.1) is 0 Å². The van der Waals surface area contributed by atoms with E-state index in [0.29, 0.717) is 0 Å². The van der Waals surface area contributed by atoms with E-state index in [-0.39, 0.29) is 17.8 Å². The number of halogens is 1. The number of hydrogen-bond donors (Lipinski definition) is 1. The average Bonchev–Trinajstić information content (AvgIpc) is 2.32. The first kappa shape index (κ1) is 11.7. The minimum absolute atomic E-state index is 0. The van der Waals surface area contributed by atoms with Crippen molar-refractivity contribution in [2.24, 2.45) is 0 Å². The zero-order valence-corrected chi connectivity index (χ0v) is 9.47. The minimum atomic E-state index is 0. The van der Waals surface area contributed by atoms with Crippen molar-refractivity contribution in [1.29, 1.82) is 0 Å². The molecule has 0 aliphatic carbocycles. The standard InChI is InChI=1S/C8H14N2S.ClH/c1-8(2,3)7-10-5-6(9-4)11-7;/h5,9H,1-4H3;1H. The van der Waals surface area contributed by atoms with Gasteiger partial charge in [-0.2, -0.15) is 0 Å². The zero-order chi connectivity index (χ0) is 8.48. The molecule has 0 saturated heterocycles. The van der Waals surface area contributed by atoms with Gasteiger partial charge in [0, 0.05) is 12.5 Å². The second-order valence-corrected chi connectivity index (χ2v) is 4.56. The molecule has 1 N–H and O–H groups in total. The third-order valence-electron chi connectivity index (χ3n) is 1.39. The lowest BCUT2D eigenvalue weighted by Gasteiger charge is -2.13. The van der Waals surface area contributed by atoms with Crippen LogP contribution >= 0.6 is 23.7 Å². The summed E-state index contributed by atoms with van der Waals surface area (Å²) in [6.45, 7) is 6.52. The van der Waals surface area contributed by atoms with Crippen LogP contribution in [0.5, 0.6) is 0 Å². The van der Waals surface area contributed by atoms with E-state index < -0.39 is 0 Å². The fourth-order valence-electron chi connectivity index (χ4n) is 0.736. The largest absolute Gasteiger partial charge is 0.379 e. The van der Waals surface area contributed by atoms with Crippen molar-refractivity contribution in [1.82, 2.24) is 4.98 Å². The number of anilines is 1. The number of nitrogens with zero attached hydrogens (tertiary/aromatic N) is 1. The predicted molar refractivity (Wildman–Crippen MR) is 57.6 cm³/mol. The van der Waals surface area contributed by atoms with Gasteiger partial charge < -0.3 is 5.32 Å². The molecule has 12 heavy (non-hydrogen) atoms. The third-order valence-corrected chi connectivity index (χ3v) is 2.83. The van der Waals surface area contributed by atoms with Gasteiger partial charge in [-0.05, 0) is 0 Å². The van der Waals surface area contributed by atoms with E-state index >= 15 is 0 Å². The van der Waals surface area contributed by atoms with Gasteiger partial charge >= 0.3 is 0 Å². The van der Waals surface area contributed by atoms with Crippen molar-refractivity contribution in [3.63, 3.8) is 0 Å². The second-order valence-electron chi connectivity index (χ2n) is 3.53. The van der Waals surface area contributed by atoms with E-state index in [4.69, 9.17) is 0 Å². The topological polar surface area (TPSA) is 24.9 Å². The molecular formula is C8H15ClN2S. The summed E-state index contributed by atoms with van der Waals surface area (Å²) in [5, 5.41) is 5.39. The van der Waals surface area contributed by atoms with Gasteiger partial charge in [-0.1, -0.05) is 20.8 Å². The summed E-state index contributed by atoms with van der Waals surface area (Å²) in [6, 6.07) is 0. The van der Waals surface area contributed by atoms with Crippen LogP contribution in [-0.2, 0) is 5.41 Å². The van der Waals surface area contributed by atoms with Crippen molar-refractivity contribution >= 4 is 28.7 Å². The molecule has 2 nitrogen and oxygen atoms in total. The Labute approximate surface area is 83.8 Å². The number of aromatic nitrogens is 1. The van der Waals surface area contributed by atoms with Crippen LogP contribution in [0.15, 0.2) is 6.20 Å². The maximum absolute atomic E-state index is 4.31. The van der Waals surface area contributed by atoms with Crippen LogP contribution in [0.1, 0.15) is 25.8 Å².